The Kier molecular flexibility index (Phi) is 9.69. The first-order valence-corrected chi connectivity index (χ1v) is 17.4. The monoisotopic (exact) mass is 727 g/mol. The molecule has 7 rings (SSSR count). The fraction of sp³-hybridized carbons (Fsp3) is 0.361. The summed E-state index contributed by atoms with van der Waals surface area (Å²) in [4.78, 5) is 60.1. The van der Waals surface area contributed by atoms with Gasteiger partial charge in [0.05, 0.1) is 35.4 Å². The van der Waals surface area contributed by atoms with Gasteiger partial charge in [0.1, 0.15) is 10.8 Å². The SMILES string of the molecule is CNC(=O)COc1cc2cc(Nc3nc(N4CCC[C@@H](COc5ccc6c(C7CCC(=O)NC7=O)nn(C)c6c5)C4)ncc3Cl)ccc2n(C)c1=O. The van der Waals surface area contributed by atoms with Crippen LogP contribution in [0.4, 0.5) is 17.5 Å². The summed E-state index contributed by atoms with van der Waals surface area (Å²) in [5.74, 6) is 0.603. The Morgan fingerprint density at radius 1 is 1.06 bits per heavy atom. The van der Waals surface area contributed by atoms with Crippen LogP contribution in [0.1, 0.15) is 37.3 Å². The number of hydrogen-bond acceptors (Lipinski definition) is 11. The Bertz CT molecular complexity index is 2270. The number of amides is 3. The van der Waals surface area contributed by atoms with E-state index < -0.39 is 5.92 Å². The molecule has 3 aromatic heterocycles. The van der Waals surface area contributed by atoms with E-state index in [2.05, 4.69) is 30.9 Å². The summed E-state index contributed by atoms with van der Waals surface area (Å²) in [7, 11) is 4.98. The predicted octanol–water partition coefficient (Wildman–Crippen LogP) is 3.55. The third kappa shape index (κ3) is 7.08. The highest BCUT2D eigenvalue weighted by Gasteiger charge is 2.32. The molecule has 2 fully saturated rings. The molecule has 1 unspecified atom stereocenters. The molecule has 0 spiro atoms. The first-order valence-electron chi connectivity index (χ1n) is 17.0. The van der Waals surface area contributed by atoms with Gasteiger partial charge in [-0.15, -0.1) is 0 Å². The van der Waals surface area contributed by atoms with E-state index in [9.17, 15) is 19.2 Å². The number of benzene rings is 2. The van der Waals surface area contributed by atoms with Crippen LogP contribution in [-0.4, -0.2) is 75.4 Å². The maximum Gasteiger partial charge on any atom is 0.293 e. The van der Waals surface area contributed by atoms with Gasteiger partial charge in [-0.1, -0.05) is 11.6 Å². The van der Waals surface area contributed by atoms with Gasteiger partial charge in [-0.25, -0.2) is 4.98 Å². The van der Waals surface area contributed by atoms with Gasteiger partial charge in [0.25, 0.3) is 11.5 Å². The number of carbonyl (C=O) groups is 3. The Balaban J connectivity index is 1.02. The number of pyridine rings is 1. The molecule has 5 aromatic rings. The molecule has 15 nitrogen and oxygen atoms in total. The Morgan fingerprint density at radius 3 is 2.71 bits per heavy atom. The van der Waals surface area contributed by atoms with E-state index in [-0.39, 0.29) is 41.6 Å². The summed E-state index contributed by atoms with van der Waals surface area (Å²) in [5, 5.41) is 14.7. The second-order valence-electron chi connectivity index (χ2n) is 13.1. The average Bonchev–Trinajstić information content (AvgIpc) is 3.47. The van der Waals surface area contributed by atoms with Crippen molar-refractivity contribution in [2.45, 2.75) is 31.6 Å². The molecule has 2 aromatic carbocycles. The van der Waals surface area contributed by atoms with Crippen molar-refractivity contribution >= 4 is 68.6 Å². The number of rotatable bonds is 10. The smallest absolute Gasteiger partial charge is 0.293 e. The van der Waals surface area contributed by atoms with Gasteiger partial charge in [-0.2, -0.15) is 10.1 Å². The number of aromatic nitrogens is 5. The summed E-state index contributed by atoms with van der Waals surface area (Å²) < 4.78 is 15.0. The lowest BCUT2D eigenvalue weighted by Gasteiger charge is -2.32. The number of carbonyl (C=O) groups excluding carboxylic acids is 3. The summed E-state index contributed by atoms with van der Waals surface area (Å²) in [6.07, 6.45) is 4.23. The summed E-state index contributed by atoms with van der Waals surface area (Å²) >= 11 is 6.55. The van der Waals surface area contributed by atoms with Crippen LogP contribution in [0.15, 0.2) is 53.5 Å². The van der Waals surface area contributed by atoms with Crippen LogP contribution in [0.3, 0.4) is 0 Å². The largest absolute Gasteiger partial charge is 0.493 e. The van der Waals surface area contributed by atoms with Gasteiger partial charge in [0, 0.05) is 69.1 Å². The molecule has 2 atom stereocenters. The molecule has 3 N–H and O–H groups in total. The van der Waals surface area contributed by atoms with E-state index in [0.29, 0.717) is 65.4 Å². The zero-order valence-corrected chi connectivity index (χ0v) is 29.7. The number of aryl methyl sites for hydroxylation is 2. The molecule has 2 saturated heterocycles. The van der Waals surface area contributed by atoms with E-state index >= 15 is 0 Å². The highest BCUT2D eigenvalue weighted by molar-refractivity contribution is 6.33. The molecule has 16 heteroatoms. The fourth-order valence-electron chi connectivity index (χ4n) is 6.75. The van der Waals surface area contributed by atoms with Crippen molar-refractivity contribution in [2.75, 3.05) is 43.6 Å². The Labute approximate surface area is 303 Å². The van der Waals surface area contributed by atoms with Crippen LogP contribution in [0.2, 0.25) is 5.02 Å². The molecule has 0 radical (unpaired) electrons. The number of fused-ring (bicyclic) bond motifs is 2. The quantitative estimate of drug-likeness (QED) is 0.180. The third-order valence-electron chi connectivity index (χ3n) is 9.53. The molecule has 5 heterocycles. The van der Waals surface area contributed by atoms with Crippen molar-refractivity contribution in [3.05, 3.63) is 69.7 Å². The zero-order valence-electron chi connectivity index (χ0n) is 28.9. The predicted molar refractivity (Wildman–Crippen MR) is 195 cm³/mol. The zero-order chi connectivity index (χ0) is 36.5. The summed E-state index contributed by atoms with van der Waals surface area (Å²) in [6.45, 7) is 1.70. The van der Waals surface area contributed by atoms with Crippen molar-refractivity contribution in [3.63, 3.8) is 0 Å². The summed E-state index contributed by atoms with van der Waals surface area (Å²) in [5.41, 5.74) is 2.55. The van der Waals surface area contributed by atoms with E-state index in [1.807, 2.05) is 43.4 Å². The molecule has 270 valence electrons. The molecular formula is C36H38ClN9O6. The van der Waals surface area contributed by atoms with E-state index in [1.54, 1.807) is 24.0 Å². The van der Waals surface area contributed by atoms with Gasteiger partial charge in [-0.05, 0) is 55.7 Å². The lowest BCUT2D eigenvalue weighted by atomic mass is 9.93. The van der Waals surface area contributed by atoms with Crippen molar-refractivity contribution in [1.29, 1.82) is 0 Å². The Morgan fingerprint density at radius 2 is 1.90 bits per heavy atom. The van der Waals surface area contributed by atoms with E-state index in [0.717, 1.165) is 35.7 Å². The molecule has 0 aliphatic carbocycles. The third-order valence-corrected chi connectivity index (χ3v) is 9.81. The minimum absolute atomic E-state index is 0.0678. The van der Waals surface area contributed by atoms with E-state index in [1.165, 1.54) is 11.6 Å². The van der Waals surface area contributed by atoms with Crippen molar-refractivity contribution < 1.29 is 23.9 Å². The molecule has 0 bridgehead atoms. The molecule has 2 aliphatic heterocycles. The first kappa shape index (κ1) is 34.7. The molecule has 0 saturated carbocycles. The minimum atomic E-state index is -0.466. The van der Waals surface area contributed by atoms with Crippen LogP contribution >= 0.6 is 11.6 Å². The number of piperidine rings is 2. The number of imide groups is 1. The maximum absolute atomic E-state index is 12.8. The average molecular weight is 728 g/mol. The van der Waals surface area contributed by atoms with Crippen molar-refractivity contribution in [1.82, 2.24) is 34.9 Å². The van der Waals surface area contributed by atoms with Gasteiger partial charge in [0.2, 0.25) is 17.8 Å². The first-order chi connectivity index (χ1) is 25.1. The number of hydrogen-bond donors (Lipinski definition) is 3. The van der Waals surface area contributed by atoms with Gasteiger partial charge in [0.15, 0.2) is 18.2 Å². The standard InChI is InChI=1S/C36H38ClN9O6/c1-38-31(48)19-52-29-14-21-13-22(6-10-27(21)44(2)35(29)50)40-33-26(37)16-39-36(42-33)46-12-4-5-20(17-46)18-51-23-7-8-24-28(15-23)45(3)43-32(24)25-9-11-30(47)41-34(25)49/h6-8,10,13-16,20,25H,4-5,9,11-12,17-19H2,1-3H3,(H,38,48)(H,39,40,42)(H,41,47,49)/t20-,25?/m1/s1. The number of likely N-dealkylation sites (N-methyl/N-ethyl adjacent to an activating group) is 1. The Hall–Kier alpha value is -5.70. The van der Waals surface area contributed by atoms with Gasteiger partial charge in [-0.3, -0.25) is 29.2 Å². The van der Waals surface area contributed by atoms with Gasteiger partial charge >= 0.3 is 0 Å². The van der Waals surface area contributed by atoms with Crippen LogP contribution in [0, 0.1) is 5.92 Å². The molecule has 52 heavy (non-hydrogen) atoms. The van der Waals surface area contributed by atoms with Gasteiger partial charge < -0.3 is 29.6 Å². The number of ether oxygens (including phenoxy) is 2. The number of halogens is 1. The topological polar surface area (TPSA) is 175 Å². The normalized spacial score (nSPS) is 17.7. The maximum atomic E-state index is 12.8. The fourth-order valence-corrected chi connectivity index (χ4v) is 6.89. The van der Waals surface area contributed by atoms with Crippen LogP contribution in [0.5, 0.6) is 11.5 Å². The second-order valence-corrected chi connectivity index (χ2v) is 13.5. The van der Waals surface area contributed by atoms with Crippen molar-refractivity contribution in [2.24, 2.45) is 20.0 Å². The van der Waals surface area contributed by atoms with E-state index in [4.69, 9.17) is 26.1 Å². The molecule has 3 amide bonds. The highest BCUT2D eigenvalue weighted by atomic mass is 35.5. The van der Waals surface area contributed by atoms with Crippen molar-refractivity contribution in [3.8, 4) is 11.5 Å². The lowest BCUT2D eigenvalue weighted by molar-refractivity contribution is -0.134. The number of anilines is 3. The molecular weight excluding hydrogens is 690 g/mol. The van der Waals surface area contributed by atoms with Crippen LogP contribution < -0.4 is 35.9 Å². The minimum Gasteiger partial charge on any atom is -0.493 e. The number of nitrogens with zero attached hydrogens (tertiary/aromatic N) is 6. The second kappa shape index (κ2) is 14.5. The lowest BCUT2D eigenvalue weighted by Crippen LogP contribution is -2.39. The van der Waals surface area contributed by atoms with Crippen LogP contribution in [-0.2, 0) is 28.5 Å². The number of nitrogens with one attached hydrogen (secondary N) is 3. The highest BCUT2D eigenvalue weighted by Crippen LogP contribution is 2.33. The summed E-state index contributed by atoms with van der Waals surface area (Å²) in [6, 6.07) is 12.9. The van der Waals surface area contributed by atoms with Crippen LogP contribution in [0.25, 0.3) is 21.8 Å². The molecule has 2 aliphatic rings.